The summed E-state index contributed by atoms with van der Waals surface area (Å²) in [5.41, 5.74) is 2.44. The third kappa shape index (κ3) is 5.81. The number of amides is 2. The number of hydrogen-bond donors (Lipinski definition) is 3. The molecule has 1 atom stereocenters. The van der Waals surface area contributed by atoms with Crippen molar-refractivity contribution in [3.63, 3.8) is 0 Å². The molecule has 3 N–H and O–H groups in total. The molecule has 0 bridgehead atoms. The van der Waals surface area contributed by atoms with Crippen molar-refractivity contribution in [2.45, 2.75) is 44.7 Å². The maximum atomic E-state index is 12.1. The van der Waals surface area contributed by atoms with Gasteiger partial charge in [0.2, 0.25) is 0 Å². The molecule has 0 aromatic heterocycles. The first-order chi connectivity index (χ1) is 12.0. The zero-order chi connectivity index (χ0) is 18.2. The summed E-state index contributed by atoms with van der Waals surface area (Å²) in [7, 11) is 4.09. The molecule has 1 aromatic rings. The van der Waals surface area contributed by atoms with Crippen molar-refractivity contribution in [3.05, 3.63) is 24.3 Å². The van der Waals surface area contributed by atoms with Gasteiger partial charge < -0.3 is 25.5 Å². The third-order valence-electron chi connectivity index (χ3n) is 4.87. The Kier molecular flexibility index (Phi) is 7.37. The molecule has 6 nitrogen and oxygen atoms in total. The van der Waals surface area contributed by atoms with Gasteiger partial charge in [-0.2, -0.15) is 0 Å². The van der Waals surface area contributed by atoms with Crippen molar-refractivity contribution >= 4 is 17.4 Å². The van der Waals surface area contributed by atoms with E-state index in [0.29, 0.717) is 6.42 Å². The second-order valence-electron chi connectivity index (χ2n) is 6.91. The largest absolute Gasteiger partial charge is 0.396 e. The molecule has 1 aliphatic heterocycles. The van der Waals surface area contributed by atoms with Gasteiger partial charge in [-0.25, -0.2) is 4.79 Å². The molecule has 1 unspecified atom stereocenters. The number of nitrogens with zero attached hydrogens (tertiary/aromatic N) is 2. The summed E-state index contributed by atoms with van der Waals surface area (Å²) >= 11 is 0. The van der Waals surface area contributed by atoms with E-state index >= 15 is 0 Å². The Hall–Kier alpha value is -1.95. The van der Waals surface area contributed by atoms with Crippen LogP contribution in [0.5, 0.6) is 0 Å². The van der Waals surface area contributed by atoms with Crippen LogP contribution in [0, 0.1) is 0 Å². The lowest BCUT2D eigenvalue weighted by Gasteiger charge is -2.34. The van der Waals surface area contributed by atoms with Gasteiger partial charge in [0.1, 0.15) is 0 Å². The number of hydrogen-bond acceptors (Lipinski definition) is 4. The molecule has 1 saturated heterocycles. The molecule has 0 saturated carbocycles. The van der Waals surface area contributed by atoms with Crippen molar-refractivity contribution in [2.75, 3.05) is 43.6 Å². The van der Waals surface area contributed by atoms with Crippen molar-refractivity contribution < 1.29 is 9.90 Å². The normalized spacial score (nSPS) is 16.4. The highest BCUT2D eigenvalue weighted by atomic mass is 16.3. The van der Waals surface area contributed by atoms with E-state index in [-0.39, 0.29) is 24.7 Å². The lowest BCUT2D eigenvalue weighted by Crippen LogP contribution is -2.50. The minimum Gasteiger partial charge on any atom is -0.396 e. The van der Waals surface area contributed by atoms with Crippen LogP contribution in [0.2, 0.25) is 0 Å². The number of carbonyl (C=O) groups is 1. The van der Waals surface area contributed by atoms with E-state index in [1.54, 1.807) is 0 Å². The summed E-state index contributed by atoms with van der Waals surface area (Å²) in [5, 5.41) is 15.0. The average molecular weight is 348 g/mol. The molecule has 6 heteroatoms. The zero-order valence-corrected chi connectivity index (χ0v) is 15.7. The fourth-order valence-electron chi connectivity index (χ4n) is 3.19. The van der Waals surface area contributed by atoms with Crippen molar-refractivity contribution in [1.29, 1.82) is 0 Å². The maximum absolute atomic E-state index is 12.1. The lowest BCUT2D eigenvalue weighted by atomic mass is 10.0. The molecule has 1 heterocycles. The predicted octanol–water partition coefficient (Wildman–Crippen LogP) is 2.18. The summed E-state index contributed by atoms with van der Waals surface area (Å²) in [5.74, 6) is 0. The Bertz CT molecular complexity index is 525. The number of aliphatic hydroxyl groups excluding tert-OH is 1. The van der Waals surface area contributed by atoms with Crippen LogP contribution in [-0.4, -0.2) is 57.0 Å². The van der Waals surface area contributed by atoms with Crippen LogP contribution < -0.4 is 20.4 Å². The van der Waals surface area contributed by atoms with Crippen LogP contribution >= 0.6 is 0 Å². The molecule has 2 amide bonds. The van der Waals surface area contributed by atoms with Gasteiger partial charge in [-0.3, -0.25) is 0 Å². The number of aliphatic hydroxyl groups is 1. The number of carbonyl (C=O) groups excluding carboxylic acids is 1. The quantitative estimate of drug-likeness (QED) is 0.706. The van der Waals surface area contributed by atoms with E-state index in [2.05, 4.69) is 44.7 Å². The molecule has 1 aliphatic rings. The highest BCUT2D eigenvalue weighted by Gasteiger charge is 2.21. The molecular weight excluding hydrogens is 316 g/mol. The van der Waals surface area contributed by atoms with Gasteiger partial charge in [0, 0.05) is 57.3 Å². The van der Waals surface area contributed by atoms with Gasteiger partial charge in [-0.05, 0) is 49.9 Å². The number of piperidine rings is 1. The van der Waals surface area contributed by atoms with Gasteiger partial charge in [-0.1, -0.05) is 6.92 Å². The van der Waals surface area contributed by atoms with Crippen molar-refractivity contribution in [1.82, 2.24) is 10.6 Å². The van der Waals surface area contributed by atoms with Crippen LogP contribution in [0.4, 0.5) is 16.2 Å². The molecule has 25 heavy (non-hydrogen) atoms. The molecule has 140 valence electrons. The van der Waals surface area contributed by atoms with E-state index in [1.807, 2.05) is 21.0 Å². The maximum Gasteiger partial charge on any atom is 0.315 e. The SMILES string of the molecule is CCC(CCO)NC(=O)NC1CCN(c2ccc(N(C)C)cc2)CC1. The van der Waals surface area contributed by atoms with E-state index < -0.39 is 0 Å². The first-order valence-corrected chi connectivity index (χ1v) is 9.23. The van der Waals surface area contributed by atoms with Crippen LogP contribution in [0.1, 0.15) is 32.6 Å². The standard InChI is InChI=1S/C19H32N4O2/c1-4-15(11-14-24)20-19(25)21-16-9-12-23(13-10-16)18-7-5-17(6-8-18)22(2)3/h5-8,15-16,24H,4,9-14H2,1-3H3,(H2,20,21,25). The summed E-state index contributed by atoms with van der Waals surface area (Å²) in [6.07, 6.45) is 3.32. The molecular formula is C19H32N4O2. The molecule has 1 fully saturated rings. The predicted molar refractivity (Wildman–Crippen MR) is 103 cm³/mol. The number of benzene rings is 1. The zero-order valence-electron chi connectivity index (χ0n) is 15.7. The van der Waals surface area contributed by atoms with Crippen molar-refractivity contribution in [2.24, 2.45) is 0 Å². The van der Waals surface area contributed by atoms with Crippen LogP contribution in [0.15, 0.2) is 24.3 Å². The highest BCUT2D eigenvalue weighted by molar-refractivity contribution is 5.74. The molecule has 1 aromatic carbocycles. The molecule has 0 radical (unpaired) electrons. The van der Waals surface area contributed by atoms with Gasteiger partial charge in [0.15, 0.2) is 0 Å². The Morgan fingerprint density at radius 1 is 1.28 bits per heavy atom. The van der Waals surface area contributed by atoms with E-state index in [1.165, 1.54) is 11.4 Å². The van der Waals surface area contributed by atoms with Crippen molar-refractivity contribution in [3.8, 4) is 0 Å². The number of nitrogens with one attached hydrogen (secondary N) is 2. The van der Waals surface area contributed by atoms with Crippen LogP contribution in [0.3, 0.4) is 0 Å². The minimum absolute atomic E-state index is 0.0419. The van der Waals surface area contributed by atoms with Gasteiger partial charge >= 0.3 is 6.03 Å². The third-order valence-corrected chi connectivity index (χ3v) is 4.87. The van der Waals surface area contributed by atoms with Crippen LogP contribution in [0.25, 0.3) is 0 Å². The molecule has 0 aliphatic carbocycles. The van der Waals surface area contributed by atoms with E-state index in [9.17, 15) is 4.79 Å². The summed E-state index contributed by atoms with van der Waals surface area (Å²) in [6.45, 7) is 4.00. The smallest absolute Gasteiger partial charge is 0.315 e. The monoisotopic (exact) mass is 348 g/mol. The summed E-state index contributed by atoms with van der Waals surface area (Å²) in [6, 6.07) is 8.74. The second kappa shape index (κ2) is 9.51. The highest BCUT2D eigenvalue weighted by Crippen LogP contribution is 2.23. The Labute approximate surface area is 151 Å². The fourth-order valence-corrected chi connectivity index (χ4v) is 3.19. The Balaban J connectivity index is 1.78. The fraction of sp³-hybridized carbons (Fsp3) is 0.632. The first kappa shape index (κ1) is 19.4. The Morgan fingerprint density at radius 2 is 1.92 bits per heavy atom. The molecule has 2 rings (SSSR count). The topological polar surface area (TPSA) is 67.8 Å². The second-order valence-corrected chi connectivity index (χ2v) is 6.91. The van der Waals surface area contributed by atoms with Gasteiger partial charge in [0.05, 0.1) is 0 Å². The number of anilines is 2. The van der Waals surface area contributed by atoms with E-state index in [0.717, 1.165) is 32.4 Å². The summed E-state index contributed by atoms with van der Waals surface area (Å²) in [4.78, 5) is 16.6. The first-order valence-electron chi connectivity index (χ1n) is 9.23. The minimum atomic E-state index is -0.117. The van der Waals surface area contributed by atoms with Crippen LogP contribution in [-0.2, 0) is 0 Å². The average Bonchev–Trinajstić information content (AvgIpc) is 2.62. The Morgan fingerprint density at radius 3 is 2.44 bits per heavy atom. The lowest BCUT2D eigenvalue weighted by molar-refractivity contribution is 0.222. The molecule has 0 spiro atoms. The van der Waals surface area contributed by atoms with Gasteiger partial charge in [-0.15, -0.1) is 0 Å². The number of urea groups is 1. The van der Waals surface area contributed by atoms with Gasteiger partial charge in [0.25, 0.3) is 0 Å². The van der Waals surface area contributed by atoms with E-state index in [4.69, 9.17) is 5.11 Å². The number of rotatable bonds is 7. The summed E-state index contributed by atoms with van der Waals surface area (Å²) < 4.78 is 0.